The minimum atomic E-state index is -0.322. The van der Waals surface area contributed by atoms with Gasteiger partial charge in [0.05, 0.1) is 37.4 Å². The zero-order valence-electron chi connectivity index (χ0n) is 12.0. The Morgan fingerprint density at radius 3 is 2.86 bits per heavy atom. The first-order chi connectivity index (χ1) is 10.2. The van der Waals surface area contributed by atoms with Gasteiger partial charge in [0, 0.05) is 19.9 Å². The molecule has 2 aromatic heterocycles. The number of nitrogens with zero attached hydrogens (tertiary/aromatic N) is 4. The number of nitrogens with one attached hydrogen (secondary N) is 2. The molecular weight excluding hydrogens is 272 g/mol. The number of ether oxygens (including phenoxy) is 1. The van der Waals surface area contributed by atoms with Crippen LogP contribution in [0.5, 0.6) is 0 Å². The first kappa shape index (κ1) is 14.9. The zero-order chi connectivity index (χ0) is 15.1. The Morgan fingerprint density at radius 2 is 2.19 bits per heavy atom. The second kappa shape index (κ2) is 7.34. The fourth-order valence-corrected chi connectivity index (χ4v) is 1.65. The monoisotopic (exact) mass is 290 g/mol. The Balaban J connectivity index is 1.95. The number of carbonyl (C=O) groups is 1. The van der Waals surface area contributed by atoms with Gasteiger partial charge in [-0.25, -0.2) is 9.97 Å². The maximum Gasteiger partial charge on any atom is 0.275 e. The summed E-state index contributed by atoms with van der Waals surface area (Å²) in [7, 11) is 1.63. The van der Waals surface area contributed by atoms with Crippen LogP contribution in [-0.4, -0.2) is 45.9 Å². The van der Waals surface area contributed by atoms with Crippen molar-refractivity contribution >= 4 is 17.4 Å². The van der Waals surface area contributed by atoms with Gasteiger partial charge in [-0.1, -0.05) is 0 Å². The van der Waals surface area contributed by atoms with Crippen molar-refractivity contribution in [3.05, 3.63) is 30.5 Å². The lowest BCUT2D eigenvalue weighted by Crippen LogP contribution is -2.14. The largest absolute Gasteiger partial charge is 0.383 e. The molecule has 0 unspecified atom stereocenters. The Hall–Kier alpha value is -2.48. The SMILES string of the molecule is CCNc1cnc(C(=O)Nc2cnn(CCOC)c2)cn1. The molecule has 0 atom stereocenters. The Kier molecular flexibility index (Phi) is 5.22. The van der Waals surface area contributed by atoms with Gasteiger partial charge in [-0.2, -0.15) is 5.10 Å². The van der Waals surface area contributed by atoms with Crippen molar-refractivity contribution in [2.75, 3.05) is 30.9 Å². The number of hydrogen-bond donors (Lipinski definition) is 2. The van der Waals surface area contributed by atoms with Gasteiger partial charge >= 0.3 is 0 Å². The number of hydrogen-bond acceptors (Lipinski definition) is 6. The Morgan fingerprint density at radius 1 is 1.33 bits per heavy atom. The van der Waals surface area contributed by atoms with E-state index in [2.05, 4.69) is 25.7 Å². The molecule has 0 saturated carbocycles. The normalized spacial score (nSPS) is 10.4. The Bertz CT molecular complexity index is 581. The van der Waals surface area contributed by atoms with E-state index in [0.29, 0.717) is 24.7 Å². The maximum atomic E-state index is 12.0. The summed E-state index contributed by atoms with van der Waals surface area (Å²) < 4.78 is 6.66. The molecule has 0 radical (unpaired) electrons. The molecule has 8 heteroatoms. The minimum absolute atomic E-state index is 0.251. The molecule has 0 aliphatic heterocycles. The fraction of sp³-hybridized carbons (Fsp3) is 0.385. The topological polar surface area (TPSA) is 94.0 Å². The first-order valence-corrected chi connectivity index (χ1v) is 6.61. The second-order valence-electron chi connectivity index (χ2n) is 4.26. The maximum absolute atomic E-state index is 12.0. The molecule has 112 valence electrons. The molecule has 0 spiro atoms. The smallest absolute Gasteiger partial charge is 0.275 e. The highest BCUT2D eigenvalue weighted by Crippen LogP contribution is 2.07. The standard InChI is InChI=1S/C13H18N6O2/c1-3-14-12-8-15-11(7-16-12)13(20)18-10-6-17-19(9-10)4-5-21-2/h6-9H,3-5H2,1-2H3,(H,14,16)(H,18,20). The lowest BCUT2D eigenvalue weighted by atomic mass is 10.4. The average Bonchev–Trinajstić information content (AvgIpc) is 2.93. The molecule has 2 N–H and O–H groups in total. The van der Waals surface area contributed by atoms with Crippen molar-refractivity contribution in [1.29, 1.82) is 0 Å². The van der Waals surface area contributed by atoms with E-state index in [0.717, 1.165) is 6.54 Å². The van der Waals surface area contributed by atoms with Gasteiger partial charge < -0.3 is 15.4 Å². The van der Waals surface area contributed by atoms with E-state index < -0.39 is 0 Å². The molecule has 1 amide bonds. The van der Waals surface area contributed by atoms with Crippen LogP contribution in [0.2, 0.25) is 0 Å². The van der Waals surface area contributed by atoms with Crippen LogP contribution in [0, 0.1) is 0 Å². The fourth-order valence-electron chi connectivity index (χ4n) is 1.65. The molecule has 2 heterocycles. The van der Waals surface area contributed by atoms with E-state index in [-0.39, 0.29) is 11.6 Å². The molecular formula is C13H18N6O2. The quantitative estimate of drug-likeness (QED) is 0.790. The van der Waals surface area contributed by atoms with Gasteiger partial charge in [0.15, 0.2) is 0 Å². The lowest BCUT2D eigenvalue weighted by Gasteiger charge is -2.04. The predicted molar refractivity (Wildman–Crippen MR) is 78.3 cm³/mol. The predicted octanol–water partition coefficient (Wildman–Crippen LogP) is 1.00. The van der Waals surface area contributed by atoms with Crippen LogP contribution < -0.4 is 10.6 Å². The van der Waals surface area contributed by atoms with Crippen LogP contribution in [-0.2, 0) is 11.3 Å². The van der Waals surface area contributed by atoms with Gasteiger partial charge in [-0.05, 0) is 6.92 Å². The molecule has 0 saturated heterocycles. The zero-order valence-corrected chi connectivity index (χ0v) is 12.0. The van der Waals surface area contributed by atoms with Crippen molar-refractivity contribution in [2.45, 2.75) is 13.5 Å². The van der Waals surface area contributed by atoms with Crippen LogP contribution in [0.1, 0.15) is 17.4 Å². The minimum Gasteiger partial charge on any atom is -0.383 e. The van der Waals surface area contributed by atoms with Crippen LogP contribution in [0.4, 0.5) is 11.5 Å². The lowest BCUT2D eigenvalue weighted by molar-refractivity contribution is 0.102. The molecule has 2 rings (SSSR count). The van der Waals surface area contributed by atoms with E-state index in [9.17, 15) is 4.79 Å². The summed E-state index contributed by atoms with van der Waals surface area (Å²) >= 11 is 0. The highest BCUT2D eigenvalue weighted by molar-refractivity contribution is 6.02. The molecule has 0 bridgehead atoms. The molecule has 0 aliphatic carbocycles. The summed E-state index contributed by atoms with van der Waals surface area (Å²) in [4.78, 5) is 20.2. The van der Waals surface area contributed by atoms with Crippen molar-refractivity contribution in [3.63, 3.8) is 0 Å². The van der Waals surface area contributed by atoms with Crippen molar-refractivity contribution < 1.29 is 9.53 Å². The number of aromatic nitrogens is 4. The molecule has 0 aliphatic rings. The van der Waals surface area contributed by atoms with E-state index >= 15 is 0 Å². The van der Waals surface area contributed by atoms with Crippen molar-refractivity contribution in [2.24, 2.45) is 0 Å². The van der Waals surface area contributed by atoms with E-state index in [1.54, 1.807) is 24.2 Å². The molecule has 0 aromatic carbocycles. The van der Waals surface area contributed by atoms with E-state index in [4.69, 9.17) is 4.74 Å². The van der Waals surface area contributed by atoms with E-state index in [1.807, 2.05) is 6.92 Å². The van der Waals surface area contributed by atoms with Crippen LogP contribution in [0.15, 0.2) is 24.8 Å². The van der Waals surface area contributed by atoms with Gasteiger partial charge in [-0.15, -0.1) is 0 Å². The van der Waals surface area contributed by atoms with Gasteiger partial charge in [0.2, 0.25) is 0 Å². The number of anilines is 2. The van der Waals surface area contributed by atoms with Crippen molar-refractivity contribution in [1.82, 2.24) is 19.7 Å². The molecule has 0 fully saturated rings. The second-order valence-corrected chi connectivity index (χ2v) is 4.26. The summed E-state index contributed by atoms with van der Waals surface area (Å²) in [6, 6.07) is 0. The van der Waals surface area contributed by atoms with E-state index in [1.165, 1.54) is 12.4 Å². The number of carbonyl (C=O) groups excluding carboxylic acids is 1. The summed E-state index contributed by atoms with van der Waals surface area (Å²) in [5, 5.41) is 9.85. The summed E-state index contributed by atoms with van der Waals surface area (Å²) in [6.07, 6.45) is 6.27. The average molecular weight is 290 g/mol. The third kappa shape index (κ3) is 4.25. The first-order valence-electron chi connectivity index (χ1n) is 6.61. The Labute approximate surface area is 122 Å². The van der Waals surface area contributed by atoms with Gasteiger partial charge in [0.1, 0.15) is 11.5 Å². The molecule has 8 nitrogen and oxygen atoms in total. The summed E-state index contributed by atoms with van der Waals surface area (Å²) in [5.74, 6) is 0.318. The third-order valence-electron chi connectivity index (χ3n) is 2.66. The summed E-state index contributed by atoms with van der Waals surface area (Å²) in [6.45, 7) is 3.90. The highest BCUT2D eigenvalue weighted by atomic mass is 16.5. The highest BCUT2D eigenvalue weighted by Gasteiger charge is 2.09. The van der Waals surface area contributed by atoms with Crippen LogP contribution in [0.3, 0.4) is 0 Å². The number of methoxy groups -OCH3 is 1. The van der Waals surface area contributed by atoms with Gasteiger partial charge in [-0.3, -0.25) is 9.48 Å². The number of amides is 1. The van der Waals surface area contributed by atoms with Gasteiger partial charge in [0.25, 0.3) is 5.91 Å². The third-order valence-corrected chi connectivity index (χ3v) is 2.66. The molecule has 2 aromatic rings. The summed E-state index contributed by atoms with van der Waals surface area (Å²) in [5.41, 5.74) is 0.856. The van der Waals surface area contributed by atoms with Crippen molar-refractivity contribution in [3.8, 4) is 0 Å². The number of rotatable bonds is 7. The van der Waals surface area contributed by atoms with Crippen LogP contribution >= 0.6 is 0 Å². The van der Waals surface area contributed by atoms with Crippen LogP contribution in [0.25, 0.3) is 0 Å². The molecule has 21 heavy (non-hydrogen) atoms.